The van der Waals surface area contributed by atoms with Crippen molar-refractivity contribution in [2.75, 3.05) is 5.73 Å². The Labute approximate surface area is 212 Å². The second-order valence-corrected chi connectivity index (χ2v) is 9.02. The van der Waals surface area contributed by atoms with Crippen molar-refractivity contribution < 1.29 is 8.78 Å². The molecule has 0 saturated heterocycles. The zero-order valence-corrected chi connectivity index (χ0v) is 19.9. The molecule has 3 N–H and O–H groups in total. The van der Waals surface area contributed by atoms with Crippen LogP contribution in [-0.2, 0) is 0 Å². The average Bonchev–Trinajstić information content (AvgIpc) is 3.63. The number of hydrogen-bond acceptors (Lipinski definition) is 8. The summed E-state index contributed by atoms with van der Waals surface area (Å²) >= 11 is 6.06. The highest BCUT2D eigenvalue weighted by atomic mass is 35.5. The number of nitrogens with one attached hydrogen (secondary N) is 1. The number of nitrogen functional groups attached to an aromatic ring is 1. The van der Waals surface area contributed by atoms with E-state index in [4.69, 9.17) is 17.3 Å². The number of anilines is 1. The van der Waals surface area contributed by atoms with Gasteiger partial charge in [0, 0.05) is 23.7 Å². The summed E-state index contributed by atoms with van der Waals surface area (Å²) in [6.07, 6.45) is 4.68. The maximum Gasteiger partial charge on any atom is 0.254 e. The third-order valence-electron chi connectivity index (χ3n) is 6.35. The highest BCUT2D eigenvalue weighted by Crippen LogP contribution is 2.39. The van der Waals surface area contributed by atoms with Crippen LogP contribution in [-0.4, -0.2) is 44.7 Å². The van der Waals surface area contributed by atoms with Crippen LogP contribution in [0.4, 0.5) is 14.6 Å². The molecule has 37 heavy (non-hydrogen) atoms. The van der Waals surface area contributed by atoms with Crippen molar-refractivity contribution in [3.8, 4) is 28.2 Å². The fourth-order valence-electron chi connectivity index (χ4n) is 4.63. The van der Waals surface area contributed by atoms with Gasteiger partial charge >= 0.3 is 0 Å². The summed E-state index contributed by atoms with van der Waals surface area (Å²) in [6.45, 7) is 1.91. The van der Waals surface area contributed by atoms with E-state index >= 15 is 4.39 Å². The number of fused-ring (bicyclic) bond motifs is 1. The van der Waals surface area contributed by atoms with E-state index < -0.39 is 23.2 Å². The lowest BCUT2D eigenvalue weighted by molar-refractivity contribution is 0.555. The number of aromatic amines is 1. The maximum atomic E-state index is 15.3. The first kappa shape index (κ1) is 22.9. The molecule has 11 nitrogen and oxygen atoms in total. The number of nitrogens with zero attached hydrogens (tertiary/aromatic N) is 8. The van der Waals surface area contributed by atoms with Gasteiger partial charge in [-0.1, -0.05) is 18.5 Å². The Morgan fingerprint density at radius 2 is 2.03 bits per heavy atom. The van der Waals surface area contributed by atoms with Gasteiger partial charge in [0.15, 0.2) is 17.5 Å². The minimum atomic E-state index is -0.747. The summed E-state index contributed by atoms with van der Waals surface area (Å²) in [7, 11) is 0. The molecule has 0 radical (unpaired) electrons. The molecular formula is C23H17ClF2N10O. The van der Waals surface area contributed by atoms with E-state index in [9.17, 15) is 9.18 Å². The fourth-order valence-corrected chi connectivity index (χ4v) is 4.79. The number of H-pyrrole nitrogens is 1. The van der Waals surface area contributed by atoms with Crippen LogP contribution in [0.2, 0.25) is 5.02 Å². The molecule has 0 aliphatic carbocycles. The van der Waals surface area contributed by atoms with E-state index in [0.717, 1.165) is 0 Å². The number of pyridine rings is 1. The van der Waals surface area contributed by atoms with Crippen molar-refractivity contribution in [3.05, 3.63) is 81.6 Å². The minimum absolute atomic E-state index is 0.00184. The van der Waals surface area contributed by atoms with Gasteiger partial charge in [-0.05, 0) is 35.0 Å². The van der Waals surface area contributed by atoms with Gasteiger partial charge in [-0.25, -0.2) is 23.7 Å². The summed E-state index contributed by atoms with van der Waals surface area (Å²) in [5.74, 6) is -0.900. The Morgan fingerprint density at radius 3 is 2.81 bits per heavy atom. The van der Waals surface area contributed by atoms with Crippen molar-refractivity contribution in [2.45, 2.75) is 25.3 Å². The highest BCUT2D eigenvalue weighted by Gasteiger charge is 2.34. The Morgan fingerprint density at radius 1 is 1.19 bits per heavy atom. The lowest BCUT2D eigenvalue weighted by Crippen LogP contribution is -2.25. The van der Waals surface area contributed by atoms with Gasteiger partial charge in [0.05, 0.1) is 39.9 Å². The van der Waals surface area contributed by atoms with Gasteiger partial charge in [-0.2, -0.15) is 4.68 Å². The molecule has 0 fully saturated rings. The van der Waals surface area contributed by atoms with Crippen LogP contribution >= 0.6 is 11.6 Å². The number of benzene rings is 1. The minimum Gasteiger partial charge on any atom is -0.381 e. The van der Waals surface area contributed by atoms with Gasteiger partial charge in [-0.15, -0.1) is 5.10 Å². The topological polar surface area (TPSA) is 146 Å². The number of halogens is 3. The van der Waals surface area contributed by atoms with E-state index in [1.807, 2.05) is 6.92 Å². The van der Waals surface area contributed by atoms with Gasteiger partial charge in [0.2, 0.25) is 0 Å². The average molecular weight is 523 g/mol. The molecule has 186 valence electrons. The fraction of sp³-hybridized carbons (Fsp3) is 0.174. The molecule has 2 atom stereocenters. The van der Waals surface area contributed by atoms with Gasteiger partial charge in [0.25, 0.3) is 5.56 Å². The summed E-state index contributed by atoms with van der Waals surface area (Å²) in [6, 6.07) is 5.16. The number of hydrogen-bond donors (Lipinski definition) is 2. The zero-order chi connectivity index (χ0) is 25.8. The van der Waals surface area contributed by atoms with Crippen LogP contribution in [0.25, 0.3) is 28.2 Å². The van der Waals surface area contributed by atoms with Crippen LogP contribution in [0, 0.1) is 11.6 Å². The Balaban J connectivity index is 1.45. The summed E-state index contributed by atoms with van der Waals surface area (Å²) < 4.78 is 32.5. The number of nitrogens with two attached hydrogens (primary N) is 1. The number of rotatable bonds is 4. The molecular weight excluding hydrogens is 506 g/mol. The van der Waals surface area contributed by atoms with Gasteiger partial charge < -0.3 is 10.7 Å². The van der Waals surface area contributed by atoms with Crippen LogP contribution in [0.5, 0.6) is 0 Å². The number of aromatic nitrogens is 9. The smallest absolute Gasteiger partial charge is 0.254 e. The van der Waals surface area contributed by atoms with Crippen molar-refractivity contribution in [2.24, 2.45) is 0 Å². The third kappa shape index (κ3) is 3.66. The van der Waals surface area contributed by atoms with E-state index in [-0.39, 0.29) is 39.3 Å². The molecule has 1 aliphatic rings. The molecule has 14 heteroatoms. The molecule has 0 bridgehead atoms. The summed E-state index contributed by atoms with van der Waals surface area (Å²) in [5, 5.41) is 10.9. The third-order valence-corrected chi connectivity index (χ3v) is 6.64. The van der Waals surface area contributed by atoms with Crippen LogP contribution in [0.15, 0.2) is 47.8 Å². The molecule has 4 aromatic heterocycles. The molecule has 5 aromatic rings. The molecule has 0 saturated carbocycles. The SMILES string of the molecule is C[C@H]1C[C@H](c2ncc(-c3ccnc(N)c3F)[nH]2)n2c1nc(-c1c(-n3cnnn3)ccc(Cl)c1F)cc2=O. The van der Waals surface area contributed by atoms with E-state index in [0.29, 0.717) is 23.8 Å². The van der Waals surface area contributed by atoms with Crippen molar-refractivity contribution in [1.82, 2.24) is 44.7 Å². The van der Waals surface area contributed by atoms with Crippen molar-refractivity contribution in [3.63, 3.8) is 0 Å². The zero-order valence-electron chi connectivity index (χ0n) is 19.1. The first-order valence-corrected chi connectivity index (χ1v) is 11.5. The second kappa shape index (κ2) is 8.55. The first-order valence-electron chi connectivity index (χ1n) is 11.1. The predicted octanol–water partition coefficient (Wildman–Crippen LogP) is 3.28. The largest absolute Gasteiger partial charge is 0.381 e. The summed E-state index contributed by atoms with van der Waals surface area (Å²) in [5.41, 5.74) is 6.17. The standard InChI is InChI=1S/C23H17ClF2N10O/c1-10-6-16(22-29-8-14(31-22)11-4-5-28-21(27)19(11)25)36-17(37)7-13(32-23(10)36)18-15(35-9-30-33-34-35)3-2-12(24)20(18)26/h2-5,7-10,16H,6H2,1H3,(H2,27,28)(H,29,31)/t10-,16+/m0/s1. The number of imidazole rings is 1. The monoisotopic (exact) mass is 522 g/mol. The van der Waals surface area contributed by atoms with Gasteiger partial charge in [0.1, 0.15) is 18.0 Å². The van der Waals surface area contributed by atoms with E-state index in [2.05, 4.69) is 35.5 Å². The van der Waals surface area contributed by atoms with Crippen LogP contribution in [0.1, 0.15) is 37.0 Å². The Bertz CT molecular complexity index is 1720. The summed E-state index contributed by atoms with van der Waals surface area (Å²) in [4.78, 5) is 29.3. The van der Waals surface area contributed by atoms with Crippen molar-refractivity contribution in [1.29, 1.82) is 0 Å². The molecule has 0 unspecified atom stereocenters. The Kier molecular flexibility index (Phi) is 5.30. The van der Waals surface area contributed by atoms with Crippen LogP contribution in [0.3, 0.4) is 0 Å². The quantitative estimate of drug-likeness (QED) is 0.365. The molecule has 0 spiro atoms. The predicted molar refractivity (Wildman–Crippen MR) is 129 cm³/mol. The first-order chi connectivity index (χ1) is 17.8. The van der Waals surface area contributed by atoms with Crippen molar-refractivity contribution >= 4 is 17.4 Å². The molecule has 6 rings (SSSR count). The van der Waals surface area contributed by atoms with Crippen LogP contribution < -0.4 is 11.3 Å². The van der Waals surface area contributed by atoms with E-state index in [1.54, 1.807) is 6.07 Å². The lowest BCUT2D eigenvalue weighted by atomic mass is 10.1. The Hall–Kier alpha value is -4.52. The molecule has 1 aliphatic heterocycles. The molecule has 0 amide bonds. The second-order valence-electron chi connectivity index (χ2n) is 8.61. The van der Waals surface area contributed by atoms with Gasteiger partial charge in [-0.3, -0.25) is 9.36 Å². The number of tetrazole rings is 1. The lowest BCUT2D eigenvalue weighted by Gasteiger charge is -2.15. The molecule has 1 aromatic carbocycles. The molecule has 5 heterocycles. The highest BCUT2D eigenvalue weighted by molar-refractivity contribution is 6.31. The normalized spacial score (nSPS) is 16.8. The maximum absolute atomic E-state index is 15.3. The van der Waals surface area contributed by atoms with E-state index in [1.165, 1.54) is 46.2 Å².